The Morgan fingerprint density at radius 3 is 2.79 bits per heavy atom. The number of benzene rings is 2. The van der Waals surface area contributed by atoms with Crippen LogP contribution in [-0.2, 0) is 11.3 Å². The molecule has 1 aromatic heterocycles. The van der Waals surface area contributed by atoms with Crippen molar-refractivity contribution >= 4 is 11.8 Å². The fraction of sp³-hybridized carbons (Fsp3) is 0.350. The summed E-state index contributed by atoms with van der Waals surface area (Å²) in [5.74, 6) is 1.85. The smallest absolute Gasteiger partial charge is 0.214 e. The van der Waals surface area contributed by atoms with Gasteiger partial charge in [0, 0.05) is 5.75 Å². The Bertz CT molecular complexity index is 934. The highest BCUT2D eigenvalue weighted by Crippen LogP contribution is 2.27. The summed E-state index contributed by atoms with van der Waals surface area (Å²) in [6.07, 6.45) is -0.657. The van der Waals surface area contributed by atoms with Gasteiger partial charge in [-0.1, -0.05) is 30.0 Å². The van der Waals surface area contributed by atoms with Crippen LogP contribution in [0.3, 0.4) is 0 Å². The zero-order valence-corrected chi connectivity index (χ0v) is 17.4. The molecule has 8 nitrogen and oxygen atoms in total. The van der Waals surface area contributed by atoms with Crippen LogP contribution < -0.4 is 9.47 Å². The normalized spacial score (nSPS) is 12.0. The van der Waals surface area contributed by atoms with Crippen molar-refractivity contribution in [3.05, 3.63) is 53.6 Å². The van der Waals surface area contributed by atoms with Crippen LogP contribution in [0.25, 0.3) is 5.69 Å². The molecule has 9 heteroatoms. The van der Waals surface area contributed by atoms with Gasteiger partial charge in [-0.2, -0.15) is 4.68 Å². The summed E-state index contributed by atoms with van der Waals surface area (Å²) < 4.78 is 17.8. The SMILES string of the molecule is COc1cccc(COC[C@@H](O)CSc2nnnn2-c2cc(C)ccc2OC)c1. The van der Waals surface area contributed by atoms with Gasteiger partial charge < -0.3 is 19.3 Å². The Hall–Kier alpha value is -2.62. The molecule has 0 fully saturated rings. The highest BCUT2D eigenvalue weighted by molar-refractivity contribution is 7.99. The molecule has 3 rings (SSSR count). The molecule has 1 heterocycles. The number of nitrogens with zero attached hydrogens (tertiary/aromatic N) is 4. The van der Waals surface area contributed by atoms with E-state index in [1.165, 1.54) is 11.8 Å². The predicted octanol–water partition coefficient (Wildman–Crippen LogP) is 2.66. The largest absolute Gasteiger partial charge is 0.497 e. The van der Waals surface area contributed by atoms with Gasteiger partial charge in [-0.3, -0.25) is 0 Å². The number of thioether (sulfide) groups is 1. The van der Waals surface area contributed by atoms with Gasteiger partial charge in [0.2, 0.25) is 5.16 Å². The number of aliphatic hydroxyl groups excluding tert-OH is 1. The van der Waals surface area contributed by atoms with Crippen molar-refractivity contribution in [2.75, 3.05) is 26.6 Å². The van der Waals surface area contributed by atoms with Crippen LogP contribution in [0.1, 0.15) is 11.1 Å². The molecule has 1 N–H and O–H groups in total. The third kappa shape index (κ3) is 5.69. The summed E-state index contributed by atoms with van der Waals surface area (Å²) in [4.78, 5) is 0. The standard InChI is InChI=1S/C20H24N4O4S/c1-14-7-8-19(27-3)18(9-14)24-20(21-22-23-24)29-13-16(25)12-28-11-15-5-4-6-17(10-15)26-2/h4-10,16,25H,11-13H2,1-3H3/t16-/m1/s1. The lowest BCUT2D eigenvalue weighted by molar-refractivity contribution is 0.0397. The molecule has 0 aliphatic heterocycles. The number of tetrazole rings is 1. The minimum atomic E-state index is -0.657. The molecular formula is C20H24N4O4S. The number of ether oxygens (including phenoxy) is 3. The van der Waals surface area contributed by atoms with Gasteiger partial charge in [-0.05, 0) is 52.7 Å². The molecule has 0 radical (unpaired) electrons. The number of hydrogen-bond donors (Lipinski definition) is 1. The molecule has 0 aliphatic carbocycles. The number of aryl methyl sites for hydroxylation is 1. The van der Waals surface area contributed by atoms with E-state index in [9.17, 15) is 5.11 Å². The lowest BCUT2D eigenvalue weighted by Gasteiger charge is -2.12. The van der Waals surface area contributed by atoms with Crippen molar-refractivity contribution in [2.24, 2.45) is 0 Å². The third-order valence-electron chi connectivity index (χ3n) is 4.12. The highest BCUT2D eigenvalue weighted by atomic mass is 32.2. The molecular weight excluding hydrogens is 392 g/mol. The number of rotatable bonds is 10. The number of aliphatic hydroxyl groups is 1. The molecule has 0 amide bonds. The minimum Gasteiger partial charge on any atom is -0.497 e. The average Bonchev–Trinajstić information content (AvgIpc) is 3.21. The summed E-state index contributed by atoms with van der Waals surface area (Å²) >= 11 is 1.36. The van der Waals surface area contributed by atoms with E-state index in [0.717, 1.165) is 22.6 Å². The Kier molecular flexibility index (Phi) is 7.45. The lowest BCUT2D eigenvalue weighted by Crippen LogP contribution is -2.18. The predicted molar refractivity (Wildman–Crippen MR) is 110 cm³/mol. The number of aromatic nitrogens is 4. The van der Waals surface area contributed by atoms with E-state index in [1.54, 1.807) is 18.9 Å². The zero-order valence-electron chi connectivity index (χ0n) is 16.6. The summed E-state index contributed by atoms with van der Waals surface area (Å²) in [5.41, 5.74) is 2.81. The van der Waals surface area contributed by atoms with Crippen molar-refractivity contribution in [2.45, 2.75) is 24.8 Å². The molecule has 1 atom stereocenters. The van der Waals surface area contributed by atoms with Crippen LogP contribution in [0.15, 0.2) is 47.6 Å². The minimum absolute atomic E-state index is 0.208. The van der Waals surface area contributed by atoms with Gasteiger partial charge in [0.15, 0.2) is 0 Å². The Morgan fingerprint density at radius 2 is 2.00 bits per heavy atom. The van der Waals surface area contributed by atoms with E-state index in [0.29, 0.717) is 23.3 Å². The maximum Gasteiger partial charge on any atom is 0.214 e. The van der Waals surface area contributed by atoms with E-state index in [4.69, 9.17) is 14.2 Å². The Labute approximate surface area is 173 Å². The third-order valence-corrected chi connectivity index (χ3v) is 5.19. The lowest BCUT2D eigenvalue weighted by atomic mass is 10.2. The molecule has 0 spiro atoms. The molecule has 2 aromatic carbocycles. The van der Waals surface area contributed by atoms with Crippen molar-refractivity contribution in [3.63, 3.8) is 0 Å². The maximum absolute atomic E-state index is 10.3. The van der Waals surface area contributed by atoms with E-state index < -0.39 is 6.10 Å². The topological polar surface area (TPSA) is 91.5 Å². The summed E-state index contributed by atoms with van der Waals surface area (Å²) in [6, 6.07) is 13.4. The summed E-state index contributed by atoms with van der Waals surface area (Å²) in [6.45, 7) is 2.60. The molecule has 29 heavy (non-hydrogen) atoms. The van der Waals surface area contributed by atoms with Crippen LogP contribution in [0.2, 0.25) is 0 Å². The van der Waals surface area contributed by atoms with Crippen molar-refractivity contribution in [1.82, 2.24) is 20.2 Å². The number of methoxy groups -OCH3 is 2. The molecule has 0 bridgehead atoms. The number of hydrogen-bond acceptors (Lipinski definition) is 8. The fourth-order valence-corrected chi connectivity index (χ4v) is 3.47. The molecule has 0 unspecified atom stereocenters. The molecule has 0 saturated carbocycles. The van der Waals surface area contributed by atoms with Gasteiger partial charge in [0.1, 0.15) is 17.2 Å². The van der Waals surface area contributed by atoms with Gasteiger partial charge in [-0.15, -0.1) is 5.10 Å². The fourth-order valence-electron chi connectivity index (χ4n) is 2.68. The average molecular weight is 417 g/mol. The van der Waals surface area contributed by atoms with Crippen molar-refractivity contribution < 1.29 is 19.3 Å². The quantitative estimate of drug-likeness (QED) is 0.505. The van der Waals surface area contributed by atoms with Gasteiger partial charge in [0.05, 0.1) is 33.5 Å². The van der Waals surface area contributed by atoms with Gasteiger partial charge in [-0.25, -0.2) is 0 Å². The Balaban J connectivity index is 1.54. The van der Waals surface area contributed by atoms with Gasteiger partial charge >= 0.3 is 0 Å². The van der Waals surface area contributed by atoms with Crippen molar-refractivity contribution in [3.8, 4) is 17.2 Å². The van der Waals surface area contributed by atoms with Gasteiger partial charge in [0.25, 0.3) is 0 Å². The second kappa shape index (κ2) is 10.2. The van der Waals surface area contributed by atoms with Crippen LogP contribution in [0.4, 0.5) is 0 Å². The highest BCUT2D eigenvalue weighted by Gasteiger charge is 2.15. The van der Waals surface area contributed by atoms with E-state index in [1.807, 2.05) is 49.4 Å². The molecule has 3 aromatic rings. The van der Waals surface area contributed by atoms with Crippen LogP contribution in [0, 0.1) is 6.92 Å². The first-order valence-electron chi connectivity index (χ1n) is 9.05. The Morgan fingerprint density at radius 1 is 1.14 bits per heavy atom. The second-order valence-electron chi connectivity index (χ2n) is 6.38. The monoisotopic (exact) mass is 416 g/mol. The molecule has 0 aliphatic rings. The molecule has 154 valence electrons. The summed E-state index contributed by atoms with van der Waals surface area (Å²) in [5, 5.41) is 22.7. The van der Waals surface area contributed by atoms with Crippen molar-refractivity contribution in [1.29, 1.82) is 0 Å². The van der Waals surface area contributed by atoms with Crippen LogP contribution in [-0.4, -0.2) is 58.0 Å². The second-order valence-corrected chi connectivity index (χ2v) is 7.37. The van der Waals surface area contributed by atoms with E-state index >= 15 is 0 Å². The van der Waals surface area contributed by atoms with Crippen LogP contribution >= 0.6 is 11.8 Å². The zero-order chi connectivity index (χ0) is 20.6. The first-order chi connectivity index (χ1) is 14.1. The maximum atomic E-state index is 10.3. The first-order valence-corrected chi connectivity index (χ1v) is 10.0. The first kappa shape index (κ1) is 21.1. The van der Waals surface area contributed by atoms with E-state index in [-0.39, 0.29) is 6.61 Å². The summed E-state index contributed by atoms with van der Waals surface area (Å²) in [7, 11) is 3.23. The van der Waals surface area contributed by atoms with Crippen LogP contribution in [0.5, 0.6) is 11.5 Å². The van der Waals surface area contributed by atoms with E-state index in [2.05, 4.69) is 15.5 Å². The molecule has 0 saturated heterocycles.